The van der Waals surface area contributed by atoms with E-state index in [1.165, 1.54) is 12.1 Å². The molecule has 0 heterocycles. The number of para-hydroxylation sites is 1. The molecule has 0 aliphatic rings. The summed E-state index contributed by atoms with van der Waals surface area (Å²) in [7, 11) is 0. The number of ether oxygens (including phenoxy) is 1. The van der Waals surface area contributed by atoms with Crippen molar-refractivity contribution >= 4 is 5.91 Å². The van der Waals surface area contributed by atoms with Gasteiger partial charge in [0.15, 0.2) is 0 Å². The van der Waals surface area contributed by atoms with Crippen molar-refractivity contribution in [3.63, 3.8) is 0 Å². The molecule has 0 unspecified atom stereocenters. The van der Waals surface area contributed by atoms with Crippen LogP contribution in [-0.4, -0.2) is 19.1 Å². The molecule has 1 amide bonds. The van der Waals surface area contributed by atoms with Gasteiger partial charge in [0.05, 0.1) is 13.0 Å². The van der Waals surface area contributed by atoms with Crippen molar-refractivity contribution in [2.24, 2.45) is 0 Å². The fourth-order valence-electron chi connectivity index (χ4n) is 1.94. The van der Waals surface area contributed by atoms with Crippen LogP contribution in [0.2, 0.25) is 0 Å². The first kappa shape index (κ1) is 16.6. The fraction of sp³-hybridized carbons (Fsp3) is 0.211. The van der Waals surface area contributed by atoms with E-state index in [1.54, 1.807) is 12.1 Å². The normalized spacial score (nSPS) is 9.65. The molecule has 0 saturated heterocycles. The van der Waals surface area contributed by atoms with Gasteiger partial charge in [-0.2, -0.15) is 0 Å². The van der Waals surface area contributed by atoms with Crippen molar-refractivity contribution in [2.45, 2.75) is 13.3 Å². The molecule has 2 rings (SSSR count). The predicted molar refractivity (Wildman–Crippen MR) is 87.6 cm³/mol. The lowest BCUT2D eigenvalue weighted by atomic mass is 10.1. The van der Waals surface area contributed by atoms with E-state index in [1.807, 2.05) is 31.2 Å². The molecule has 0 aromatic heterocycles. The Bertz CT molecular complexity index is 714. The van der Waals surface area contributed by atoms with E-state index in [0.29, 0.717) is 0 Å². The van der Waals surface area contributed by atoms with E-state index in [4.69, 9.17) is 4.74 Å². The van der Waals surface area contributed by atoms with E-state index in [-0.39, 0.29) is 31.3 Å². The first-order chi connectivity index (χ1) is 11.1. The largest absolute Gasteiger partial charge is 0.481 e. The maximum absolute atomic E-state index is 12.8. The molecular weight excluding hydrogens is 293 g/mol. The number of benzene rings is 2. The van der Waals surface area contributed by atoms with E-state index >= 15 is 0 Å². The maximum Gasteiger partial charge on any atom is 0.225 e. The SMILES string of the molecule is Cc1ccccc1OCC#CCNC(=O)Cc1ccc(F)cc1. The number of aryl methyl sites for hydroxylation is 1. The van der Waals surface area contributed by atoms with Gasteiger partial charge in [0.25, 0.3) is 0 Å². The summed E-state index contributed by atoms with van der Waals surface area (Å²) in [5.74, 6) is 6.03. The Hall–Kier alpha value is -2.80. The van der Waals surface area contributed by atoms with Crippen LogP contribution in [0.3, 0.4) is 0 Å². The highest BCUT2D eigenvalue weighted by Gasteiger charge is 2.01. The quantitative estimate of drug-likeness (QED) is 0.862. The lowest BCUT2D eigenvalue weighted by Crippen LogP contribution is -2.25. The van der Waals surface area contributed by atoms with Gasteiger partial charge in [-0.1, -0.05) is 42.2 Å². The van der Waals surface area contributed by atoms with E-state index in [9.17, 15) is 9.18 Å². The molecule has 0 saturated carbocycles. The van der Waals surface area contributed by atoms with Crippen molar-refractivity contribution in [3.05, 3.63) is 65.5 Å². The fourth-order valence-corrected chi connectivity index (χ4v) is 1.94. The summed E-state index contributed by atoms with van der Waals surface area (Å²) >= 11 is 0. The van der Waals surface area contributed by atoms with Gasteiger partial charge in [0, 0.05) is 0 Å². The minimum atomic E-state index is -0.311. The van der Waals surface area contributed by atoms with Crippen molar-refractivity contribution < 1.29 is 13.9 Å². The van der Waals surface area contributed by atoms with Gasteiger partial charge in [0.2, 0.25) is 5.91 Å². The van der Waals surface area contributed by atoms with Crippen molar-refractivity contribution in [3.8, 4) is 17.6 Å². The number of hydrogen-bond acceptors (Lipinski definition) is 2. The average Bonchev–Trinajstić information content (AvgIpc) is 2.54. The first-order valence-corrected chi connectivity index (χ1v) is 7.30. The summed E-state index contributed by atoms with van der Waals surface area (Å²) < 4.78 is 18.3. The molecule has 0 fully saturated rings. The smallest absolute Gasteiger partial charge is 0.225 e. The molecule has 0 bridgehead atoms. The molecule has 0 atom stereocenters. The van der Waals surface area contributed by atoms with Crippen LogP contribution in [-0.2, 0) is 11.2 Å². The number of halogens is 1. The second-order valence-electron chi connectivity index (χ2n) is 4.99. The number of hydrogen-bond donors (Lipinski definition) is 1. The summed E-state index contributed by atoms with van der Waals surface area (Å²) in [6.07, 6.45) is 0.210. The molecule has 0 aliphatic carbocycles. The van der Waals surface area contributed by atoms with E-state index in [2.05, 4.69) is 17.2 Å². The van der Waals surface area contributed by atoms with Gasteiger partial charge in [-0.15, -0.1) is 0 Å². The standard InChI is InChI=1S/C19H18FNO2/c1-15-6-2-3-7-18(15)23-13-5-4-12-21-19(22)14-16-8-10-17(20)11-9-16/h2-3,6-11H,12-14H2,1H3,(H,21,22). The van der Waals surface area contributed by atoms with Crippen LogP contribution in [0.5, 0.6) is 5.75 Å². The Kier molecular flexibility index (Phi) is 6.19. The van der Waals surface area contributed by atoms with E-state index in [0.717, 1.165) is 16.9 Å². The van der Waals surface area contributed by atoms with Crippen LogP contribution in [0.25, 0.3) is 0 Å². The van der Waals surface area contributed by atoms with Gasteiger partial charge in [0.1, 0.15) is 18.2 Å². The van der Waals surface area contributed by atoms with Crippen LogP contribution in [0.1, 0.15) is 11.1 Å². The highest BCUT2D eigenvalue weighted by molar-refractivity contribution is 5.78. The average molecular weight is 311 g/mol. The van der Waals surface area contributed by atoms with Crippen LogP contribution in [0, 0.1) is 24.6 Å². The Morgan fingerprint density at radius 1 is 1.13 bits per heavy atom. The Morgan fingerprint density at radius 3 is 2.61 bits per heavy atom. The van der Waals surface area contributed by atoms with Gasteiger partial charge >= 0.3 is 0 Å². The molecule has 4 heteroatoms. The molecule has 0 aliphatic heterocycles. The lowest BCUT2D eigenvalue weighted by molar-refractivity contribution is -0.120. The van der Waals surface area contributed by atoms with Gasteiger partial charge in [-0.3, -0.25) is 4.79 Å². The summed E-state index contributed by atoms with van der Waals surface area (Å²) in [5, 5.41) is 2.69. The van der Waals surface area contributed by atoms with Crippen LogP contribution in [0.4, 0.5) is 4.39 Å². The van der Waals surface area contributed by atoms with Crippen molar-refractivity contribution in [2.75, 3.05) is 13.2 Å². The summed E-state index contributed by atoms with van der Waals surface area (Å²) in [6.45, 7) is 2.51. The Morgan fingerprint density at radius 2 is 1.87 bits per heavy atom. The topological polar surface area (TPSA) is 38.3 Å². The molecular formula is C19H18FNO2. The molecule has 3 nitrogen and oxygen atoms in total. The van der Waals surface area contributed by atoms with Crippen LogP contribution < -0.4 is 10.1 Å². The predicted octanol–water partition coefficient (Wildman–Crippen LogP) is 2.88. The molecule has 2 aromatic carbocycles. The number of amides is 1. The highest BCUT2D eigenvalue weighted by Crippen LogP contribution is 2.15. The lowest BCUT2D eigenvalue weighted by Gasteiger charge is -2.04. The zero-order valence-corrected chi connectivity index (χ0v) is 12.9. The Labute approximate surface area is 135 Å². The minimum absolute atomic E-state index is 0.147. The van der Waals surface area contributed by atoms with Crippen molar-refractivity contribution in [1.82, 2.24) is 5.32 Å². The third-order valence-electron chi connectivity index (χ3n) is 3.17. The molecule has 0 spiro atoms. The maximum atomic E-state index is 12.8. The van der Waals surface area contributed by atoms with E-state index < -0.39 is 0 Å². The summed E-state index contributed by atoms with van der Waals surface area (Å²) in [5.41, 5.74) is 1.82. The summed E-state index contributed by atoms with van der Waals surface area (Å²) in [4.78, 5) is 11.7. The number of rotatable bonds is 5. The highest BCUT2D eigenvalue weighted by atomic mass is 19.1. The first-order valence-electron chi connectivity index (χ1n) is 7.30. The zero-order chi connectivity index (χ0) is 16.5. The molecule has 118 valence electrons. The van der Waals surface area contributed by atoms with Crippen molar-refractivity contribution in [1.29, 1.82) is 0 Å². The number of nitrogens with one attached hydrogen (secondary N) is 1. The minimum Gasteiger partial charge on any atom is -0.481 e. The Balaban J connectivity index is 1.68. The van der Waals surface area contributed by atoms with Gasteiger partial charge < -0.3 is 10.1 Å². The number of carbonyl (C=O) groups excluding carboxylic acids is 1. The second-order valence-corrected chi connectivity index (χ2v) is 4.99. The number of carbonyl (C=O) groups is 1. The summed E-state index contributed by atoms with van der Waals surface area (Å²) in [6, 6.07) is 13.6. The molecule has 2 aromatic rings. The van der Waals surface area contributed by atoms with Crippen LogP contribution in [0.15, 0.2) is 48.5 Å². The zero-order valence-electron chi connectivity index (χ0n) is 12.9. The van der Waals surface area contributed by atoms with Gasteiger partial charge in [-0.05, 0) is 36.2 Å². The third-order valence-corrected chi connectivity index (χ3v) is 3.17. The molecule has 1 N–H and O–H groups in total. The molecule has 0 radical (unpaired) electrons. The van der Waals surface area contributed by atoms with Gasteiger partial charge in [-0.25, -0.2) is 4.39 Å². The monoisotopic (exact) mass is 311 g/mol. The second kappa shape index (κ2) is 8.60. The third kappa shape index (κ3) is 5.84. The molecule has 23 heavy (non-hydrogen) atoms. The van der Waals surface area contributed by atoms with Crippen LogP contribution >= 0.6 is 0 Å².